The van der Waals surface area contributed by atoms with E-state index in [1.165, 1.54) is 32.4 Å². The van der Waals surface area contributed by atoms with E-state index in [9.17, 15) is 14.4 Å². The summed E-state index contributed by atoms with van der Waals surface area (Å²) >= 11 is 4.59. The van der Waals surface area contributed by atoms with Gasteiger partial charge in [-0.05, 0) is 18.2 Å². The van der Waals surface area contributed by atoms with Gasteiger partial charge in [-0.15, -0.1) is 0 Å². The smallest absolute Gasteiger partial charge is 0.337 e. The molecular formula is C12H12NO5S. The monoisotopic (exact) mass is 282 g/mol. The van der Waals surface area contributed by atoms with E-state index in [-0.39, 0.29) is 22.6 Å². The molecule has 1 amide bonds. The standard InChI is InChI=1S/C12H12NO5S/c1-17-11(15)7-3-8(12(16)18-2)5-9(4-7)13-10(14)6-19/h3-5H,6H2,1-2H3,(H,13,14). The molecule has 1 rings (SSSR count). The summed E-state index contributed by atoms with van der Waals surface area (Å²) in [5, 5.41) is 2.47. The third kappa shape index (κ3) is 3.99. The third-order valence-electron chi connectivity index (χ3n) is 2.19. The largest absolute Gasteiger partial charge is 0.465 e. The molecular weight excluding hydrogens is 270 g/mol. The zero-order chi connectivity index (χ0) is 14.4. The molecule has 101 valence electrons. The minimum absolute atomic E-state index is 0.129. The Morgan fingerprint density at radius 2 is 1.53 bits per heavy atom. The average molecular weight is 282 g/mol. The highest BCUT2D eigenvalue weighted by molar-refractivity contribution is 7.81. The number of methoxy groups -OCH3 is 2. The number of esters is 2. The van der Waals surface area contributed by atoms with Crippen LogP contribution in [0.2, 0.25) is 0 Å². The van der Waals surface area contributed by atoms with Crippen LogP contribution in [0.4, 0.5) is 5.69 Å². The van der Waals surface area contributed by atoms with Crippen LogP contribution in [0.1, 0.15) is 20.7 Å². The summed E-state index contributed by atoms with van der Waals surface area (Å²) in [6.07, 6.45) is 0. The summed E-state index contributed by atoms with van der Waals surface area (Å²) in [5.41, 5.74) is 0.535. The highest BCUT2D eigenvalue weighted by Gasteiger charge is 2.14. The Bertz CT molecular complexity index is 481. The normalized spacial score (nSPS) is 9.63. The summed E-state index contributed by atoms with van der Waals surface area (Å²) < 4.78 is 9.13. The highest BCUT2D eigenvalue weighted by Crippen LogP contribution is 2.17. The Hall–Kier alpha value is -2.02. The molecule has 0 atom stereocenters. The van der Waals surface area contributed by atoms with E-state index in [1.807, 2.05) is 0 Å². The fourth-order valence-electron chi connectivity index (χ4n) is 1.37. The molecule has 0 saturated carbocycles. The molecule has 1 N–H and O–H groups in total. The van der Waals surface area contributed by atoms with E-state index in [1.54, 1.807) is 0 Å². The number of ether oxygens (including phenoxy) is 2. The van der Waals surface area contributed by atoms with Crippen molar-refractivity contribution in [3.63, 3.8) is 0 Å². The fraction of sp³-hybridized carbons (Fsp3) is 0.250. The number of hydrogen-bond donors (Lipinski definition) is 1. The fourth-order valence-corrected chi connectivity index (χ4v) is 1.44. The molecule has 1 radical (unpaired) electrons. The second-order valence-electron chi connectivity index (χ2n) is 3.47. The molecule has 0 unspecified atom stereocenters. The van der Waals surface area contributed by atoms with Gasteiger partial charge in [0, 0.05) is 5.69 Å². The highest BCUT2D eigenvalue weighted by atomic mass is 32.1. The van der Waals surface area contributed by atoms with E-state index >= 15 is 0 Å². The van der Waals surface area contributed by atoms with Crippen LogP contribution in [-0.4, -0.2) is 37.8 Å². The Morgan fingerprint density at radius 1 is 1.05 bits per heavy atom. The van der Waals surface area contributed by atoms with E-state index < -0.39 is 17.8 Å². The van der Waals surface area contributed by atoms with Crippen LogP contribution in [0.25, 0.3) is 0 Å². The molecule has 0 bridgehead atoms. The Labute approximate surface area is 115 Å². The molecule has 0 aliphatic rings. The van der Waals surface area contributed by atoms with Gasteiger partial charge >= 0.3 is 11.9 Å². The van der Waals surface area contributed by atoms with E-state index in [4.69, 9.17) is 0 Å². The molecule has 1 aromatic carbocycles. The SMILES string of the molecule is COC(=O)c1cc(NC(=O)C[S])cc(C(=O)OC)c1. The molecule has 0 spiro atoms. The molecule has 0 aliphatic heterocycles. The van der Waals surface area contributed by atoms with Crippen molar-refractivity contribution >= 4 is 36.2 Å². The van der Waals surface area contributed by atoms with Gasteiger partial charge in [0.05, 0.1) is 31.1 Å². The third-order valence-corrected chi connectivity index (χ3v) is 2.45. The van der Waals surface area contributed by atoms with Crippen molar-refractivity contribution in [2.24, 2.45) is 0 Å². The molecule has 0 saturated heterocycles. The van der Waals surface area contributed by atoms with E-state index in [2.05, 4.69) is 27.4 Å². The lowest BCUT2D eigenvalue weighted by molar-refractivity contribution is -0.113. The van der Waals surface area contributed by atoms with Crippen molar-refractivity contribution in [1.82, 2.24) is 0 Å². The summed E-state index contributed by atoms with van der Waals surface area (Å²) in [7, 11) is 2.43. The van der Waals surface area contributed by atoms with Crippen LogP contribution in [0.15, 0.2) is 18.2 Å². The molecule has 0 aromatic heterocycles. The lowest BCUT2D eigenvalue weighted by atomic mass is 10.1. The van der Waals surface area contributed by atoms with Crippen molar-refractivity contribution in [1.29, 1.82) is 0 Å². The summed E-state index contributed by atoms with van der Waals surface area (Å²) in [5.74, 6) is -1.79. The predicted octanol–water partition coefficient (Wildman–Crippen LogP) is 1.40. The van der Waals surface area contributed by atoms with Gasteiger partial charge in [0.15, 0.2) is 0 Å². The maximum absolute atomic E-state index is 11.5. The number of nitrogens with one attached hydrogen (secondary N) is 1. The molecule has 1 aromatic rings. The van der Waals surface area contributed by atoms with Gasteiger partial charge in [0.2, 0.25) is 5.91 Å². The molecule has 0 fully saturated rings. The molecule has 19 heavy (non-hydrogen) atoms. The number of amides is 1. The van der Waals surface area contributed by atoms with Crippen LogP contribution >= 0.6 is 12.6 Å². The van der Waals surface area contributed by atoms with Crippen molar-refractivity contribution in [3.05, 3.63) is 29.3 Å². The number of carbonyl (C=O) groups excluding carboxylic acids is 3. The minimum atomic E-state index is -0.625. The number of benzene rings is 1. The van der Waals surface area contributed by atoms with Gasteiger partial charge in [-0.1, -0.05) is 12.6 Å². The maximum Gasteiger partial charge on any atom is 0.337 e. The number of hydrogen-bond acceptors (Lipinski definition) is 5. The van der Waals surface area contributed by atoms with Crippen LogP contribution in [0.5, 0.6) is 0 Å². The Kier molecular flexibility index (Phi) is 5.37. The summed E-state index contributed by atoms with van der Waals surface area (Å²) in [4.78, 5) is 34.2. The van der Waals surface area contributed by atoms with Crippen LogP contribution in [-0.2, 0) is 14.3 Å². The number of carbonyl (C=O) groups is 3. The Balaban J connectivity index is 3.19. The van der Waals surface area contributed by atoms with E-state index in [0.717, 1.165) is 0 Å². The Morgan fingerprint density at radius 3 is 1.89 bits per heavy atom. The van der Waals surface area contributed by atoms with Gasteiger partial charge in [-0.25, -0.2) is 9.59 Å². The van der Waals surface area contributed by atoms with Crippen molar-refractivity contribution in [2.45, 2.75) is 0 Å². The zero-order valence-electron chi connectivity index (χ0n) is 10.4. The van der Waals surface area contributed by atoms with Crippen LogP contribution < -0.4 is 5.32 Å². The second-order valence-corrected chi connectivity index (χ2v) is 3.76. The zero-order valence-corrected chi connectivity index (χ0v) is 11.2. The minimum Gasteiger partial charge on any atom is -0.465 e. The van der Waals surface area contributed by atoms with Gasteiger partial charge in [0.25, 0.3) is 0 Å². The molecule has 0 aliphatic carbocycles. The second kappa shape index (κ2) is 6.79. The van der Waals surface area contributed by atoms with Crippen LogP contribution in [0.3, 0.4) is 0 Å². The van der Waals surface area contributed by atoms with Gasteiger partial charge in [-0.2, -0.15) is 0 Å². The van der Waals surface area contributed by atoms with Gasteiger partial charge < -0.3 is 14.8 Å². The van der Waals surface area contributed by atoms with Gasteiger partial charge in [-0.3, -0.25) is 4.79 Å². The first-order chi connectivity index (χ1) is 9.01. The quantitative estimate of drug-likeness (QED) is 0.844. The topological polar surface area (TPSA) is 81.7 Å². The molecule has 7 heteroatoms. The summed E-state index contributed by atoms with van der Waals surface area (Å²) in [6.45, 7) is 0. The predicted molar refractivity (Wildman–Crippen MR) is 70.2 cm³/mol. The number of anilines is 1. The lowest BCUT2D eigenvalue weighted by Gasteiger charge is -2.08. The first-order valence-corrected chi connectivity index (χ1v) is 5.79. The maximum atomic E-state index is 11.5. The van der Waals surface area contributed by atoms with Crippen molar-refractivity contribution in [3.8, 4) is 0 Å². The summed E-state index contributed by atoms with van der Waals surface area (Å²) in [6, 6.07) is 4.10. The number of rotatable bonds is 4. The molecule has 0 heterocycles. The molecule has 6 nitrogen and oxygen atoms in total. The van der Waals surface area contributed by atoms with Gasteiger partial charge in [0.1, 0.15) is 0 Å². The average Bonchev–Trinajstić information content (AvgIpc) is 2.44. The van der Waals surface area contributed by atoms with E-state index in [0.29, 0.717) is 0 Å². The lowest BCUT2D eigenvalue weighted by Crippen LogP contribution is -2.14. The first kappa shape index (κ1) is 15.0. The first-order valence-electron chi connectivity index (χ1n) is 5.21. The van der Waals surface area contributed by atoms with Crippen molar-refractivity contribution in [2.75, 3.05) is 25.3 Å². The van der Waals surface area contributed by atoms with Crippen LogP contribution in [0, 0.1) is 0 Å². The van der Waals surface area contributed by atoms with Crippen molar-refractivity contribution < 1.29 is 23.9 Å².